The number of anilines is 1. The standard InChI is InChI=1S/C26H22N2O4/c1-32-25(31)26(18-13-7-3-8-14-18)21-20(22(27-26)17-11-5-2-6-12-17)23(29)28(24(21)30)19-15-9-4-10-16-19/h2-16,20-22,27H,1H3/t20-,21-,22?,26-/m0/s1. The summed E-state index contributed by atoms with van der Waals surface area (Å²) in [5.41, 5.74) is 0.435. The van der Waals surface area contributed by atoms with Gasteiger partial charge in [0.25, 0.3) is 0 Å². The zero-order valence-electron chi connectivity index (χ0n) is 17.5. The first-order valence-corrected chi connectivity index (χ1v) is 10.5. The van der Waals surface area contributed by atoms with Gasteiger partial charge < -0.3 is 4.74 Å². The average Bonchev–Trinajstić information content (AvgIpc) is 3.34. The summed E-state index contributed by atoms with van der Waals surface area (Å²) in [6.45, 7) is 0. The molecule has 5 rings (SSSR count). The molecule has 0 saturated carbocycles. The number of fused-ring (bicyclic) bond motifs is 1. The van der Waals surface area contributed by atoms with Gasteiger partial charge in [-0.05, 0) is 23.3 Å². The zero-order chi connectivity index (χ0) is 22.3. The van der Waals surface area contributed by atoms with E-state index in [0.717, 1.165) is 5.56 Å². The predicted molar refractivity (Wildman–Crippen MR) is 118 cm³/mol. The third kappa shape index (κ3) is 2.80. The molecule has 0 bridgehead atoms. The highest BCUT2D eigenvalue weighted by Crippen LogP contribution is 2.53. The van der Waals surface area contributed by atoms with Crippen molar-refractivity contribution in [3.63, 3.8) is 0 Å². The summed E-state index contributed by atoms with van der Waals surface area (Å²) < 4.78 is 5.23. The Labute approximate surface area is 185 Å². The number of benzene rings is 3. The second-order valence-corrected chi connectivity index (χ2v) is 8.05. The van der Waals surface area contributed by atoms with Crippen molar-refractivity contribution in [1.82, 2.24) is 5.32 Å². The average molecular weight is 426 g/mol. The molecular formula is C26H22N2O4. The molecule has 2 aliphatic heterocycles. The van der Waals surface area contributed by atoms with Crippen molar-refractivity contribution >= 4 is 23.5 Å². The van der Waals surface area contributed by atoms with E-state index in [9.17, 15) is 14.4 Å². The van der Waals surface area contributed by atoms with Crippen LogP contribution >= 0.6 is 0 Å². The summed E-state index contributed by atoms with van der Waals surface area (Å²) >= 11 is 0. The van der Waals surface area contributed by atoms with E-state index in [2.05, 4.69) is 5.32 Å². The largest absolute Gasteiger partial charge is 0.467 e. The Hall–Kier alpha value is -3.77. The van der Waals surface area contributed by atoms with Gasteiger partial charge in [-0.15, -0.1) is 0 Å². The van der Waals surface area contributed by atoms with Gasteiger partial charge in [-0.2, -0.15) is 0 Å². The van der Waals surface area contributed by atoms with Crippen LogP contribution in [0.4, 0.5) is 5.69 Å². The molecule has 0 radical (unpaired) electrons. The van der Waals surface area contributed by atoms with Crippen molar-refractivity contribution in [2.75, 3.05) is 12.0 Å². The fourth-order valence-corrected chi connectivity index (χ4v) is 5.12. The molecular weight excluding hydrogens is 404 g/mol. The number of esters is 1. The van der Waals surface area contributed by atoms with Crippen molar-refractivity contribution in [3.8, 4) is 0 Å². The SMILES string of the molecule is COC(=O)[C@@]1(c2ccccc2)NC(c2ccccc2)[C@H]2C(=O)N(c3ccccc3)C(=O)[C@H]21. The molecule has 2 fully saturated rings. The van der Waals surface area contributed by atoms with Gasteiger partial charge in [-0.25, -0.2) is 9.69 Å². The monoisotopic (exact) mass is 426 g/mol. The van der Waals surface area contributed by atoms with Crippen LogP contribution in [0.2, 0.25) is 0 Å². The Balaban J connectivity index is 1.73. The van der Waals surface area contributed by atoms with Crippen LogP contribution in [-0.2, 0) is 24.7 Å². The van der Waals surface area contributed by atoms with Gasteiger partial charge in [0.1, 0.15) is 0 Å². The number of methoxy groups -OCH3 is 1. The first kappa shape index (κ1) is 20.2. The lowest BCUT2D eigenvalue weighted by Crippen LogP contribution is -2.53. The highest BCUT2D eigenvalue weighted by molar-refractivity contribution is 6.24. The molecule has 2 heterocycles. The normalized spacial score (nSPS) is 26.8. The topological polar surface area (TPSA) is 75.7 Å². The van der Waals surface area contributed by atoms with Gasteiger partial charge in [0.2, 0.25) is 11.8 Å². The van der Waals surface area contributed by atoms with Gasteiger partial charge in [0, 0.05) is 6.04 Å². The Kier molecular flexibility index (Phi) is 4.87. The third-order valence-corrected chi connectivity index (χ3v) is 6.47. The number of nitrogens with zero attached hydrogens (tertiary/aromatic N) is 1. The molecule has 32 heavy (non-hydrogen) atoms. The van der Waals surface area contributed by atoms with Crippen LogP contribution in [0.25, 0.3) is 0 Å². The maximum atomic E-state index is 13.8. The number of carbonyl (C=O) groups is 3. The molecule has 2 saturated heterocycles. The molecule has 0 aromatic heterocycles. The smallest absolute Gasteiger partial charge is 0.331 e. The van der Waals surface area contributed by atoms with E-state index in [1.807, 2.05) is 54.6 Å². The molecule has 2 aliphatic rings. The molecule has 0 aliphatic carbocycles. The van der Waals surface area contributed by atoms with E-state index in [0.29, 0.717) is 11.3 Å². The maximum absolute atomic E-state index is 13.8. The third-order valence-electron chi connectivity index (χ3n) is 6.47. The van der Waals surface area contributed by atoms with Gasteiger partial charge in [0.05, 0.1) is 24.6 Å². The lowest BCUT2D eigenvalue weighted by Gasteiger charge is -2.33. The maximum Gasteiger partial charge on any atom is 0.331 e. The second kappa shape index (κ2) is 7.73. The first-order valence-electron chi connectivity index (χ1n) is 10.5. The van der Waals surface area contributed by atoms with E-state index in [4.69, 9.17) is 4.74 Å². The minimum absolute atomic E-state index is 0.325. The Bertz CT molecular complexity index is 1170. The minimum atomic E-state index is -1.49. The number of hydrogen-bond donors (Lipinski definition) is 1. The van der Waals surface area contributed by atoms with Gasteiger partial charge in [0.15, 0.2) is 5.54 Å². The van der Waals surface area contributed by atoms with Crippen LogP contribution in [0.15, 0.2) is 91.0 Å². The van der Waals surface area contributed by atoms with E-state index >= 15 is 0 Å². The van der Waals surface area contributed by atoms with Gasteiger partial charge in [-0.3, -0.25) is 14.9 Å². The van der Waals surface area contributed by atoms with E-state index in [-0.39, 0.29) is 5.91 Å². The number of para-hydroxylation sites is 1. The van der Waals surface area contributed by atoms with Crippen LogP contribution in [0.1, 0.15) is 17.2 Å². The molecule has 3 aromatic carbocycles. The van der Waals surface area contributed by atoms with Crippen molar-refractivity contribution in [2.45, 2.75) is 11.6 Å². The molecule has 0 spiro atoms. The number of rotatable bonds is 4. The predicted octanol–water partition coefficient (Wildman–Crippen LogP) is 3.21. The summed E-state index contributed by atoms with van der Waals surface area (Å²) in [7, 11) is 1.30. The van der Waals surface area contributed by atoms with E-state index in [1.54, 1.807) is 36.4 Å². The Morgan fingerprint density at radius 1 is 0.844 bits per heavy atom. The summed E-state index contributed by atoms with van der Waals surface area (Å²) in [6.07, 6.45) is 0. The van der Waals surface area contributed by atoms with Crippen molar-refractivity contribution < 1.29 is 19.1 Å². The number of nitrogens with one attached hydrogen (secondary N) is 1. The number of hydrogen-bond acceptors (Lipinski definition) is 5. The first-order chi connectivity index (χ1) is 15.6. The van der Waals surface area contributed by atoms with Crippen molar-refractivity contribution in [3.05, 3.63) is 102 Å². The number of carbonyl (C=O) groups excluding carboxylic acids is 3. The van der Waals surface area contributed by atoms with Crippen molar-refractivity contribution in [1.29, 1.82) is 0 Å². The molecule has 3 aromatic rings. The summed E-state index contributed by atoms with van der Waals surface area (Å²) in [5, 5.41) is 3.38. The molecule has 6 heteroatoms. The summed E-state index contributed by atoms with van der Waals surface area (Å²) in [4.78, 5) is 42.2. The zero-order valence-corrected chi connectivity index (χ0v) is 17.5. The van der Waals surface area contributed by atoms with Crippen LogP contribution in [0.3, 0.4) is 0 Å². The molecule has 4 atom stereocenters. The lowest BCUT2D eigenvalue weighted by molar-refractivity contribution is -0.152. The molecule has 1 unspecified atom stereocenters. The number of amides is 2. The Morgan fingerprint density at radius 3 is 2.00 bits per heavy atom. The fraction of sp³-hybridized carbons (Fsp3) is 0.192. The van der Waals surface area contributed by atoms with Crippen LogP contribution in [0, 0.1) is 11.8 Å². The Morgan fingerprint density at radius 2 is 1.41 bits per heavy atom. The van der Waals surface area contributed by atoms with Crippen LogP contribution in [-0.4, -0.2) is 24.9 Å². The minimum Gasteiger partial charge on any atom is -0.467 e. The van der Waals surface area contributed by atoms with Crippen LogP contribution < -0.4 is 10.2 Å². The van der Waals surface area contributed by atoms with Gasteiger partial charge >= 0.3 is 5.97 Å². The molecule has 1 N–H and O–H groups in total. The van der Waals surface area contributed by atoms with Crippen molar-refractivity contribution in [2.24, 2.45) is 11.8 Å². The summed E-state index contributed by atoms with van der Waals surface area (Å²) in [5.74, 6) is -3.03. The molecule has 6 nitrogen and oxygen atoms in total. The molecule has 160 valence electrons. The van der Waals surface area contributed by atoms with E-state index < -0.39 is 35.3 Å². The van der Waals surface area contributed by atoms with Gasteiger partial charge in [-0.1, -0.05) is 78.9 Å². The molecule has 2 amide bonds. The quantitative estimate of drug-likeness (QED) is 0.512. The second-order valence-electron chi connectivity index (χ2n) is 8.05. The van der Waals surface area contributed by atoms with Crippen LogP contribution in [0.5, 0.6) is 0 Å². The number of imide groups is 1. The van der Waals surface area contributed by atoms with E-state index in [1.165, 1.54) is 12.0 Å². The number of ether oxygens (including phenoxy) is 1. The fourth-order valence-electron chi connectivity index (χ4n) is 5.12. The highest BCUT2D eigenvalue weighted by Gasteiger charge is 2.69. The summed E-state index contributed by atoms with van der Waals surface area (Å²) in [6, 6.07) is 26.8. The highest BCUT2D eigenvalue weighted by atomic mass is 16.5. The lowest BCUT2D eigenvalue weighted by atomic mass is 9.75.